The Bertz CT molecular complexity index is 559. The van der Waals surface area contributed by atoms with E-state index in [1.807, 2.05) is 12.1 Å². The molecule has 21 heavy (non-hydrogen) atoms. The average molecular weight is 425 g/mol. The molecule has 0 aliphatic carbocycles. The summed E-state index contributed by atoms with van der Waals surface area (Å²) in [5.74, 6) is 0.901. The van der Waals surface area contributed by atoms with Gasteiger partial charge in [0.05, 0.1) is 5.75 Å². The molecule has 0 unspecified atom stereocenters. The Morgan fingerprint density at radius 1 is 1.24 bits per heavy atom. The average Bonchev–Trinajstić information content (AvgIpc) is 2.44. The van der Waals surface area contributed by atoms with Crippen molar-refractivity contribution in [2.75, 3.05) is 25.1 Å². The third-order valence-corrected chi connectivity index (χ3v) is 4.78. The van der Waals surface area contributed by atoms with Crippen LogP contribution in [0, 0.1) is 6.92 Å². The van der Waals surface area contributed by atoms with E-state index in [1.165, 1.54) is 11.1 Å². The fourth-order valence-corrected chi connectivity index (χ4v) is 2.38. The Morgan fingerprint density at radius 3 is 2.48 bits per heavy atom. The van der Waals surface area contributed by atoms with Crippen molar-refractivity contribution >= 4 is 39.8 Å². The lowest BCUT2D eigenvalue weighted by Gasteiger charge is -2.13. The van der Waals surface area contributed by atoms with E-state index in [4.69, 9.17) is 0 Å². The molecule has 0 fully saturated rings. The van der Waals surface area contributed by atoms with Gasteiger partial charge in [0.1, 0.15) is 0 Å². The predicted octanol–water partition coefficient (Wildman–Crippen LogP) is 1.71. The molecule has 0 bridgehead atoms. The van der Waals surface area contributed by atoms with Gasteiger partial charge in [-0.1, -0.05) is 31.2 Å². The maximum Gasteiger partial charge on any atom is 0.191 e. The molecule has 0 aromatic heterocycles. The van der Waals surface area contributed by atoms with Crippen LogP contribution in [0.1, 0.15) is 18.1 Å². The van der Waals surface area contributed by atoms with Crippen molar-refractivity contribution in [3.05, 3.63) is 35.4 Å². The molecule has 0 heterocycles. The van der Waals surface area contributed by atoms with Crippen molar-refractivity contribution in [2.45, 2.75) is 20.4 Å². The zero-order chi connectivity index (χ0) is 15.0. The largest absolute Gasteiger partial charge is 0.355 e. The normalized spacial score (nSPS) is 11.7. The molecule has 0 aliphatic rings. The molecular weight excluding hydrogens is 401 g/mol. The lowest BCUT2D eigenvalue weighted by Crippen LogP contribution is -2.39. The topological polar surface area (TPSA) is 70.6 Å². The highest BCUT2D eigenvalue weighted by molar-refractivity contribution is 14.0. The number of hydrogen-bond acceptors (Lipinski definition) is 3. The Balaban J connectivity index is 0.00000400. The van der Waals surface area contributed by atoms with Crippen LogP contribution in [0.5, 0.6) is 0 Å². The van der Waals surface area contributed by atoms with Crippen molar-refractivity contribution in [1.82, 2.24) is 10.6 Å². The number of nitrogens with zero attached hydrogens (tertiary/aromatic N) is 1. The van der Waals surface area contributed by atoms with E-state index in [0.29, 0.717) is 19.0 Å². The molecule has 7 heteroatoms. The lowest BCUT2D eigenvalue weighted by molar-refractivity contribution is 0.595. The van der Waals surface area contributed by atoms with Gasteiger partial charge in [0.2, 0.25) is 0 Å². The van der Waals surface area contributed by atoms with Crippen LogP contribution in [0.3, 0.4) is 0 Å². The first-order valence-corrected chi connectivity index (χ1v) is 8.50. The first kappa shape index (κ1) is 20.2. The van der Waals surface area contributed by atoms with E-state index in [-0.39, 0.29) is 35.5 Å². The summed E-state index contributed by atoms with van der Waals surface area (Å²) in [6.07, 6.45) is 0. The molecule has 1 aromatic rings. The maximum atomic E-state index is 11.4. The van der Waals surface area contributed by atoms with Gasteiger partial charge in [0.15, 0.2) is 15.8 Å². The summed E-state index contributed by atoms with van der Waals surface area (Å²) in [5.41, 5.74) is 2.40. The van der Waals surface area contributed by atoms with Gasteiger partial charge in [-0.15, -0.1) is 24.0 Å². The van der Waals surface area contributed by atoms with Gasteiger partial charge in [0, 0.05) is 25.9 Å². The minimum Gasteiger partial charge on any atom is -0.355 e. The fourth-order valence-electron chi connectivity index (χ4n) is 1.68. The standard InChI is InChI=1S/C14H23N3O2S.HI/c1-4-20(18,19)10-9-16-14(15-3)17-11-13-8-6-5-7-12(13)2;/h5-8H,4,9-11H2,1-3H3,(H2,15,16,17);1H. The minimum atomic E-state index is -2.94. The number of aryl methyl sites for hydroxylation is 1. The van der Waals surface area contributed by atoms with Gasteiger partial charge in [-0.25, -0.2) is 8.42 Å². The van der Waals surface area contributed by atoms with E-state index in [1.54, 1.807) is 14.0 Å². The van der Waals surface area contributed by atoms with E-state index in [0.717, 1.165) is 0 Å². The van der Waals surface area contributed by atoms with Gasteiger partial charge in [-0.3, -0.25) is 4.99 Å². The van der Waals surface area contributed by atoms with Crippen LogP contribution in [0.25, 0.3) is 0 Å². The molecule has 0 saturated carbocycles. The monoisotopic (exact) mass is 425 g/mol. The fraction of sp³-hybridized carbons (Fsp3) is 0.500. The van der Waals surface area contributed by atoms with Crippen molar-refractivity contribution in [3.8, 4) is 0 Å². The van der Waals surface area contributed by atoms with Crippen LogP contribution in [-0.4, -0.2) is 39.5 Å². The van der Waals surface area contributed by atoms with Crippen LogP contribution < -0.4 is 10.6 Å². The Labute approximate surface area is 144 Å². The Morgan fingerprint density at radius 2 is 1.90 bits per heavy atom. The van der Waals surface area contributed by atoms with Gasteiger partial charge in [-0.05, 0) is 18.1 Å². The molecule has 0 aliphatic heterocycles. The van der Waals surface area contributed by atoms with E-state index in [2.05, 4.69) is 34.7 Å². The van der Waals surface area contributed by atoms with Crippen LogP contribution in [0.2, 0.25) is 0 Å². The highest BCUT2D eigenvalue weighted by Crippen LogP contribution is 2.05. The van der Waals surface area contributed by atoms with Gasteiger partial charge in [0.25, 0.3) is 0 Å². The van der Waals surface area contributed by atoms with Crippen molar-refractivity contribution in [2.24, 2.45) is 4.99 Å². The zero-order valence-corrected chi connectivity index (χ0v) is 15.9. The van der Waals surface area contributed by atoms with Crippen LogP contribution in [0.15, 0.2) is 29.3 Å². The lowest BCUT2D eigenvalue weighted by atomic mass is 10.1. The highest BCUT2D eigenvalue weighted by Gasteiger charge is 2.07. The summed E-state index contributed by atoms with van der Waals surface area (Å²) in [6, 6.07) is 8.10. The first-order valence-electron chi connectivity index (χ1n) is 6.68. The molecule has 0 spiro atoms. The zero-order valence-electron chi connectivity index (χ0n) is 12.7. The van der Waals surface area contributed by atoms with Gasteiger partial charge < -0.3 is 10.6 Å². The third kappa shape index (κ3) is 7.66. The number of hydrogen-bond donors (Lipinski definition) is 2. The van der Waals surface area contributed by atoms with Crippen molar-refractivity contribution in [3.63, 3.8) is 0 Å². The SMILES string of the molecule is CCS(=O)(=O)CCNC(=NC)NCc1ccccc1C.I. The minimum absolute atomic E-state index is 0. The van der Waals surface area contributed by atoms with Crippen LogP contribution in [0.4, 0.5) is 0 Å². The van der Waals surface area contributed by atoms with E-state index >= 15 is 0 Å². The highest BCUT2D eigenvalue weighted by atomic mass is 127. The smallest absolute Gasteiger partial charge is 0.191 e. The molecule has 1 rings (SSSR count). The molecular formula is C14H24IN3O2S. The first-order chi connectivity index (χ1) is 9.48. The summed E-state index contributed by atoms with van der Waals surface area (Å²) in [5, 5.41) is 6.18. The number of halogens is 1. The quantitative estimate of drug-likeness (QED) is 0.414. The summed E-state index contributed by atoms with van der Waals surface area (Å²) in [6.45, 7) is 4.73. The van der Waals surface area contributed by atoms with Gasteiger partial charge >= 0.3 is 0 Å². The number of benzene rings is 1. The van der Waals surface area contributed by atoms with Gasteiger partial charge in [-0.2, -0.15) is 0 Å². The molecule has 1 aromatic carbocycles. The van der Waals surface area contributed by atoms with E-state index < -0.39 is 9.84 Å². The number of sulfone groups is 1. The molecule has 0 saturated heterocycles. The second-order valence-electron chi connectivity index (χ2n) is 4.52. The molecule has 5 nitrogen and oxygen atoms in total. The Hall–Kier alpha value is -0.830. The second kappa shape index (κ2) is 9.99. The maximum absolute atomic E-state index is 11.4. The third-order valence-electron chi connectivity index (χ3n) is 3.08. The van der Waals surface area contributed by atoms with Crippen LogP contribution >= 0.6 is 24.0 Å². The predicted molar refractivity (Wildman–Crippen MR) is 99.1 cm³/mol. The molecule has 0 atom stereocenters. The molecule has 0 amide bonds. The summed E-state index contributed by atoms with van der Waals surface area (Å²) < 4.78 is 22.8. The summed E-state index contributed by atoms with van der Waals surface area (Å²) >= 11 is 0. The number of rotatable bonds is 6. The number of nitrogens with one attached hydrogen (secondary N) is 2. The molecule has 0 radical (unpaired) electrons. The summed E-state index contributed by atoms with van der Waals surface area (Å²) in [7, 11) is -1.27. The van der Waals surface area contributed by atoms with Crippen molar-refractivity contribution < 1.29 is 8.42 Å². The summed E-state index contributed by atoms with van der Waals surface area (Å²) in [4.78, 5) is 4.08. The van der Waals surface area contributed by atoms with E-state index in [9.17, 15) is 8.42 Å². The second-order valence-corrected chi connectivity index (χ2v) is 6.99. The molecule has 120 valence electrons. The van der Waals surface area contributed by atoms with Crippen molar-refractivity contribution in [1.29, 1.82) is 0 Å². The van der Waals surface area contributed by atoms with Crippen LogP contribution in [-0.2, 0) is 16.4 Å². The number of guanidine groups is 1. The molecule has 2 N–H and O–H groups in total. The number of aliphatic imine (C=N–C) groups is 1. The Kier molecular flexibility index (Phi) is 9.60.